The minimum atomic E-state index is 0.290. The summed E-state index contributed by atoms with van der Waals surface area (Å²) >= 11 is 0. The van der Waals surface area contributed by atoms with Crippen LogP contribution < -0.4 is 10.5 Å². The molecule has 33 heavy (non-hydrogen) atoms. The molecule has 2 aliphatic heterocycles. The summed E-state index contributed by atoms with van der Waals surface area (Å²) in [5, 5.41) is 0. The third-order valence-corrected chi connectivity index (χ3v) is 6.93. The van der Waals surface area contributed by atoms with Crippen molar-refractivity contribution in [1.82, 2.24) is 14.8 Å². The summed E-state index contributed by atoms with van der Waals surface area (Å²) < 4.78 is 6.31. The molecular weight excluding hydrogens is 408 g/mol. The zero-order chi connectivity index (χ0) is 22.5. The first-order chi connectivity index (χ1) is 16.2. The van der Waals surface area contributed by atoms with Gasteiger partial charge in [-0.25, -0.2) is 4.98 Å². The Morgan fingerprint density at radius 2 is 1.42 bits per heavy atom. The number of hydrogen-bond donors (Lipinski definition) is 1. The van der Waals surface area contributed by atoms with Gasteiger partial charge in [0.25, 0.3) is 0 Å². The largest absolute Gasteiger partial charge is 0.490 e. The van der Waals surface area contributed by atoms with E-state index >= 15 is 0 Å². The number of pyridine rings is 1. The lowest BCUT2D eigenvalue weighted by molar-refractivity contribution is 0.0968. The number of ether oxygens (including phenoxy) is 1. The smallest absolute Gasteiger partial charge is 0.123 e. The molecule has 1 saturated heterocycles. The molecule has 1 aromatic heterocycles. The van der Waals surface area contributed by atoms with E-state index in [0.717, 1.165) is 70.7 Å². The van der Waals surface area contributed by atoms with Gasteiger partial charge in [0.05, 0.1) is 0 Å². The lowest BCUT2D eigenvalue weighted by Crippen LogP contribution is -2.37. The molecular formula is C28H34N4O. The number of nitrogen functional groups attached to an aromatic ring is 1. The molecule has 0 radical (unpaired) electrons. The molecule has 0 spiro atoms. The molecule has 0 unspecified atom stereocenters. The number of nitrogens with zero attached hydrogens (tertiary/aromatic N) is 3. The van der Waals surface area contributed by atoms with Gasteiger partial charge in [-0.1, -0.05) is 36.4 Å². The average Bonchev–Trinajstić information content (AvgIpc) is 3.04. The number of nitrogens with two attached hydrogens (primary N) is 1. The molecule has 0 bridgehead atoms. The standard InChI is InChI=1S/C28H34N4O/c29-28-19-23(9-14-30-28)21-32-17-12-27(13-18-32)33-26-7-5-22(6-8-26)20-31-15-10-24-3-1-2-4-25(24)11-16-31/h1-9,14,19,27H,10-13,15-18,20-21H2,(H2,29,30). The van der Waals surface area contributed by atoms with Crippen LogP contribution in [0.5, 0.6) is 5.75 Å². The second kappa shape index (κ2) is 10.4. The molecule has 2 N–H and O–H groups in total. The Kier molecular flexibility index (Phi) is 6.89. The SMILES string of the molecule is Nc1cc(CN2CCC(Oc3ccc(CN4CCc5ccccc5CC4)cc3)CC2)ccn1. The Morgan fingerprint density at radius 3 is 2.09 bits per heavy atom. The number of benzene rings is 2. The van der Waals surface area contributed by atoms with E-state index in [1.54, 1.807) is 6.20 Å². The summed E-state index contributed by atoms with van der Waals surface area (Å²) in [5.41, 5.74) is 11.4. The molecule has 5 heteroatoms. The lowest BCUT2D eigenvalue weighted by atomic mass is 10.0. The van der Waals surface area contributed by atoms with Crippen LogP contribution in [0.1, 0.15) is 35.1 Å². The molecule has 172 valence electrons. The summed E-state index contributed by atoms with van der Waals surface area (Å²) in [7, 11) is 0. The quantitative estimate of drug-likeness (QED) is 0.617. The number of likely N-dealkylation sites (tertiary alicyclic amines) is 1. The van der Waals surface area contributed by atoms with Crippen LogP contribution in [-0.4, -0.2) is 47.1 Å². The fourth-order valence-electron chi connectivity index (χ4n) is 5.03. The van der Waals surface area contributed by atoms with Gasteiger partial charge in [0.1, 0.15) is 17.7 Å². The molecule has 2 aliphatic rings. The molecule has 0 amide bonds. The first kappa shape index (κ1) is 21.9. The van der Waals surface area contributed by atoms with Crippen molar-refractivity contribution in [3.8, 4) is 5.75 Å². The summed E-state index contributed by atoms with van der Waals surface area (Å²) in [6.07, 6.45) is 6.47. The van der Waals surface area contributed by atoms with Crippen LogP contribution in [0.2, 0.25) is 0 Å². The topological polar surface area (TPSA) is 54.6 Å². The number of hydrogen-bond acceptors (Lipinski definition) is 5. The van der Waals surface area contributed by atoms with Crippen molar-refractivity contribution in [2.45, 2.75) is 44.9 Å². The second-order valence-electron chi connectivity index (χ2n) is 9.37. The van der Waals surface area contributed by atoms with E-state index in [-0.39, 0.29) is 0 Å². The van der Waals surface area contributed by atoms with Crippen LogP contribution in [0, 0.1) is 0 Å². The molecule has 1 fully saturated rings. The van der Waals surface area contributed by atoms with Gasteiger partial charge in [-0.15, -0.1) is 0 Å². The number of fused-ring (bicyclic) bond motifs is 1. The van der Waals surface area contributed by atoms with Gasteiger partial charge in [0, 0.05) is 45.5 Å². The highest BCUT2D eigenvalue weighted by molar-refractivity contribution is 5.32. The maximum Gasteiger partial charge on any atom is 0.123 e. The molecule has 0 aliphatic carbocycles. The molecule has 2 aromatic carbocycles. The van der Waals surface area contributed by atoms with E-state index in [2.05, 4.69) is 63.3 Å². The van der Waals surface area contributed by atoms with Gasteiger partial charge < -0.3 is 10.5 Å². The summed E-state index contributed by atoms with van der Waals surface area (Å²) in [6, 6.07) is 21.7. The maximum absolute atomic E-state index is 6.31. The van der Waals surface area contributed by atoms with Gasteiger partial charge in [0.15, 0.2) is 0 Å². The Balaban J connectivity index is 1.08. The van der Waals surface area contributed by atoms with Gasteiger partial charge in [-0.2, -0.15) is 0 Å². The number of rotatable bonds is 6. The van der Waals surface area contributed by atoms with Crippen molar-refractivity contribution in [1.29, 1.82) is 0 Å². The Morgan fingerprint density at radius 1 is 0.788 bits per heavy atom. The van der Waals surface area contributed by atoms with E-state index in [1.807, 2.05) is 12.1 Å². The fourth-order valence-corrected chi connectivity index (χ4v) is 5.03. The Bertz CT molecular complexity index is 1020. The second-order valence-corrected chi connectivity index (χ2v) is 9.37. The van der Waals surface area contributed by atoms with Gasteiger partial charge >= 0.3 is 0 Å². The van der Waals surface area contributed by atoms with Crippen LogP contribution in [0.4, 0.5) is 5.82 Å². The monoisotopic (exact) mass is 442 g/mol. The average molecular weight is 443 g/mol. The zero-order valence-electron chi connectivity index (χ0n) is 19.3. The van der Waals surface area contributed by atoms with Crippen LogP contribution in [0.3, 0.4) is 0 Å². The summed E-state index contributed by atoms with van der Waals surface area (Å²) in [5.74, 6) is 1.58. The van der Waals surface area contributed by atoms with Gasteiger partial charge in [0.2, 0.25) is 0 Å². The Hall–Kier alpha value is -2.89. The van der Waals surface area contributed by atoms with E-state index < -0.39 is 0 Å². The number of anilines is 1. The normalized spacial score (nSPS) is 17.9. The van der Waals surface area contributed by atoms with Gasteiger partial charge in [-0.05, 0) is 72.2 Å². The minimum Gasteiger partial charge on any atom is -0.490 e. The number of aromatic nitrogens is 1. The van der Waals surface area contributed by atoms with Crippen LogP contribution in [0.25, 0.3) is 0 Å². The molecule has 5 rings (SSSR count). The third-order valence-electron chi connectivity index (χ3n) is 6.93. The van der Waals surface area contributed by atoms with E-state index in [0.29, 0.717) is 11.9 Å². The Labute approximate surface area is 197 Å². The van der Waals surface area contributed by atoms with Crippen LogP contribution >= 0.6 is 0 Å². The van der Waals surface area contributed by atoms with Crippen molar-refractivity contribution in [2.75, 3.05) is 31.9 Å². The summed E-state index contributed by atoms with van der Waals surface area (Å²) in [4.78, 5) is 9.12. The summed E-state index contributed by atoms with van der Waals surface area (Å²) in [6.45, 7) is 6.27. The molecule has 0 atom stereocenters. The zero-order valence-corrected chi connectivity index (χ0v) is 19.3. The highest BCUT2D eigenvalue weighted by atomic mass is 16.5. The highest BCUT2D eigenvalue weighted by Gasteiger charge is 2.21. The third kappa shape index (κ3) is 5.92. The molecule has 5 nitrogen and oxygen atoms in total. The predicted octanol–water partition coefficient (Wildman–Crippen LogP) is 4.31. The van der Waals surface area contributed by atoms with Crippen molar-refractivity contribution in [2.24, 2.45) is 0 Å². The van der Waals surface area contributed by atoms with E-state index in [9.17, 15) is 0 Å². The highest BCUT2D eigenvalue weighted by Crippen LogP contribution is 2.22. The molecule has 3 heterocycles. The van der Waals surface area contributed by atoms with Crippen molar-refractivity contribution >= 4 is 5.82 Å². The van der Waals surface area contributed by atoms with Crippen molar-refractivity contribution in [3.63, 3.8) is 0 Å². The van der Waals surface area contributed by atoms with Crippen LogP contribution in [-0.2, 0) is 25.9 Å². The van der Waals surface area contributed by atoms with E-state index in [4.69, 9.17) is 10.5 Å². The number of piperidine rings is 1. The van der Waals surface area contributed by atoms with Gasteiger partial charge in [-0.3, -0.25) is 9.80 Å². The first-order valence-electron chi connectivity index (χ1n) is 12.2. The minimum absolute atomic E-state index is 0.290. The van der Waals surface area contributed by atoms with Crippen molar-refractivity contribution < 1.29 is 4.74 Å². The lowest BCUT2D eigenvalue weighted by Gasteiger charge is -2.32. The van der Waals surface area contributed by atoms with Crippen molar-refractivity contribution in [3.05, 3.63) is 89.1 Å². The molecule has 3 aromatic rings. The first-order valence-corrected chi connectivity index (χ1v) is 12.2. The predicted molar refractivity (Wildman–Crippen MR) is 133 cm³/mol. The van der Waals surface area contributed by atoms with Crippen LogP contribution in [0.15, 0.2) is 66.9 Å². The molecule has 0 saturated carbocycles. The van der Waals surface area contributed by atoms with E-state index in [1.165, 1.54) is 22.3 Å². The maximum atomic E-state index is 6.31. The fraction of sp³-hybridized carbons (Fsp3) is 0.393.